The molecule has 3 fully saturated rings. The summed E-state index contributed by atoms with van der Waals surface area (Å²) in [6.07, 6.45) is 11.8. The molecule has 0 N–H and O–H groups in total. The molecule has 1 aliphatic heterocycles. The molecule has 2 aliphatic carbocycles. The first-order valence-electron chi connectivity index (χ1n) is 12.2. The minimum Gasteiger partial charge on any atom is -0.497 e. The van der Waals surface area contributed by atoms with Crippen LogP contribution in [0.5, 0.6) is 5.75 Å². The average molecular weight is 425 g/mol. The summed E-state index contributed by atoms with van der Waals surface area (Å²) >= 11 is 0. The van der Waals surface area contributed by atoms with Crippen LogP contribution in [0.1, 0.15) is 81.3 Å². The standard InChI is InChI=1S/C24H36N6O/c1-31-22-13-11-19(12-14-22)23(24-25-26-27-30(24)21-9-3-2-4-10-21)29-17-15-28(16-18-29)20-7-5-6-8-20/h11-14,20-21,23H,2-10,15-18H2,1H3/t23-/m1/s1. The van der Waals surface area contributed by atoms with Crippen molar-refractivity contribution in [2.24, 2.45) is 0 Å². The summed E-state index contributed by atoms with van der Waals surface area (Å²) in [5.74, 6) is 1.90. The van der Waals surface area contributed by atoms with E-state index in [2.05, 4.69) is 54.3 Å². The van der Waals surface area contributed by atoms with E-state index in [9.17, 15) is 0 Å². The Morgan fingerprint density at radius 2 is 1.48 bits per heavy atom. The van der Waals surface area contributed by atoms with Crippen LogP contribution in [0.25, 0.3) is 0 Å². The Morgan fingerprint density at radius 3 is 2.16 bits per heavy atom. The maximum Gasteiger partial charge on any atom is 0.173 e. The lowest BCUT2D eigenvalue weighted by Gasteiger charge is -2.41. The van der Waals surface area contributed by atoms with E-state index < -0.39 is 0 Å². The van der Waals surface area contributed by atoms with E-state index in [-0.39, 0.29) is 6.04 Å². The molecule has 7 nitrogen and oxygen atoms in total. The van der Waals surface area contributed by atoms with Gasteiger partial charge >= 0.3 is 0 Å². The van der Waals surface area contributed by atoms with Crippen LogP contribution in [0.3, 0.4) is 0 Å². The molecule has 0 unspecified atom stereocenters. The zero-order valence-corrected chi connectivity index (χ0v) is 18.8. The third kappa shape index (κ3) is 4.48. The van der Waals surface area contributed by atoms with E-state index in [4.69, 9.17) is 4.74 Å². The number of nitrogens with zero attached hydrogens (tertiary/aromatic N) is 6. The molecule has 0 bridgehead atoms. The average Bonchev–Trinajstić information content (AvgIpc) is 3.54. The maximum absolute atomic E-state index is 5.41. The van der Waals surface area contributed by atoms with Gasteiger partial charge < -0.3 is 4.74 Å². The normalized spacial score (nSPS) is 23.3. The van der Waals surface area contributed by atoms with Gasteiger partial charge in [-0.1, -0.05) is 44.2 Å². The second kappa shape index (κ2) is 9.65. The molecule has 7 heteroatoms. The molecule has 1 atom stereocenters. The second-order valence-electron chi connectivity index (χ2n) is 9.46. The minimum absolute atomic E-state index is 0.0913. The van der Waals surface area contributed by atoms with Gasteiger partial charge in [-0.2, -0.15) is 0 Å². The number of hydrogen-bond donors (Lipinski definition) is 0. The molecule has 5 rings (SSSR count). The molecule has 0 amide bonds. The molecule has 2 saturated carbocycles. The first kappa shape index (κ1) is 20.9. The predicted octanol–water partition coefficient (Wildman–Crippen LogP) is 3.84. The predicted molar refractivity (Wildman–Crippen MR) is 120 cm³/mol. The van der Waals surface area contributed by atoms with Crippen molar-refractivity contribution in [1.82, 2.24) is 30.0 Å². The number of methoxy groups -OCH3 is 1. The van der Waals surface area contributed by atoms with Crippen molar-refractivity contribution in [3.63, 3.8) is 0 Å². The van der Waals surface area contributed by atoms with Gasteiger partial charge in [0.1, 0.15) is 5.75 Å². The molecule has 2 aromatic rings. The molecule has 168 valence electrons. The van der Waals surface area contributed by atoms with Crippen molar-refractivity contribution in [2.45, 2.75) is 75.9 Å². The number of rotatable bonds is 6. The fourth-order valence-corrected chi connectivity index (χ4v) is 5.91. The molecule has 1 saturated heterocycles. The van der Waals surface area contributed by atoms with Gasteiger partial charge in [0.2, 0.25) is 0 Å². The lowest BCUT2D eigenvalue weighted by atomic mass is 9.95. The third-order valence-electron chi connectivity index (χ3n) is 7.67. The Kier molecular flexibility index (Phi) is 6.50. The van der Waals surface area contributed by atoms with Crippen LogP contribution in [0, 0.1) is 0 Å². The summed E-state index contributed by atoms with van der Waals surface area (Å²) in [7, 11) is 1.72. The van der Waals surface area contributed by atoms with E-state index in [1.165, 1.54) is 63.4 Å². The van der Waals surface area contributed by atoms with Crippen LogP contribution in [-0.2, 0) is 0 Å². The Hall–Kier alpha value is -1.99. The number of hydrogen-bond acceptors (Lipinski definition) is 6. The second-order valence-corrected chi connectivity index (χ2v) is 9.46. The van der Waals surface area contributed by atoms with Gasteiger partial charge in [-0.15, -0.1) is 5.10 Å². The van der Waals surface area contributed by atoms with E-state index in [0.29, 0.717) is 6.04 Å². The van der Waals surface area contributed by atoms with Crippen LogP contribution in [0.2, 0.25) is 0 Å². The number of piperazine rings is 1. The molecule has 1 aromatic carbocycles. The molecule has 0 spiro atoms. The molecular weight excluding hydrogens is 388 g/mol. The van der Waals surface area contributed by atoms with Gasteiger partial charge in [0.15, 0.2) is 5.82 Å². The highest BCUT2D eigenvalue weighted by Crippen LogP contribution is 2.35. The van der Waals surface area contributed by atoms with Gasteiger partial charge in [-0.3, -0.25) is 9.80 Å². The van der Waals surface area contributed by atoms with Crippen molar-refractivity contribution < 1.29 is 4.74 Å². The summed E-state index contributed by atoms with van der Waals surface area (Å²) in [6, 6.07) is 9.82. The molecule has 2 heterocycles. The zero-order chi connectivity index (χ0) is 21.0. The van der Waals surface area contributed by atoms with Gasteiger partial charge in [0, 0.05) is 32.2 Å². The van der Waals surface area contributed by atoms with Crippen molar-refractivity contribution in [1.29, 1.82) is 0 Å². The largest absolute Gasteiger partial charge is 0.497 e. The summed E-state index contributed by atoms with van der Waals surface area (Å²) < 4.78 is 7.56. The first-order chi connectivity index (χ1) is 15.3. The Bertz CT molecular complexity index is 817. The first-order valence-corrected chi connectivity index (χ1v) is 12.2. The van der Waals surface area contributed by atoms with Gasteiger partial charge in [-0.25, -0.2) is 4.68 Å². The summed E-state index contributed by atoms with van der Waals surface area (Å²) in [5.41, 5.74) is 1.25. The smallest absolute Gasteiger partial charge is 0.173 e. The Balaban J connectivity index is 1.41. The summed E-state index contributed by atoms with van der Waals surface area (Å²) in [5, 5.41) is 13.2. The maximum atomic E-state index is 5.41. The van der Waals surface area contributed by atoms with Crippen LogP contribution < -0.4 is 4.74 Å². The lowest BCUT2D eigenvalue weighted by Crippen LogP contribution is -2.51. The molecule has 1 aromatic heterocycles. The van der Waals surface area contributed by atoms with Crippen LogP contribution in [0.4, 0.5) is 0 Å². The van der Waals surface area contributed by atoms with E-state index in [1.807, 2.05) is 0 Å². The Morgan fingerprint density at radius 1 is 0.839 bits per heavy atom. The van der Waals surface area contributed by atoms with Gasteiger partial charge in [0.25, 0.3) is 0 Å². The number of tetrazole rings is 1. The van der Waals surface area contributed by atoms with Crippen molar-refractivity contribution in [3.05, 3.63) is 35.7 Å². The molecule has 3 aliphatic rings. The monoisotopic (exact) mass is 424 g/mol. The highest BCUT2D eigenvalue weighted by atomic mass is 16.5. The Labute approximate surface area is 185 Å². The van der Waals surface area contributed by atoms with E-state index in [1.54, 1.807) is 7.11 Å². The topological polar surface area (TPSA) is 59.3 Å². The number of benzene rings is 1. The summed E-state index contributed by atoms with van der Waals surface area (Å²) in [6.45, 7) is 4.40. The quantitative estimate of drug-likeness (QED) is 0.702. The lowest BCUT2D eigenvalue weighted by molar-refractivity contribution is 0.0760. The highest BCUT2D eigenvalue weighted by molar-refractivity contribution is 5.32. The summed E-state index contributed by atoms with van der Waals surface area (Å²) in [4.78, 5) is 5.32. The minimum atomic E-state index is 0.0913. The van der Waals surface area contributed by atoms with Gasteiger partial charge in [-0.05, 0) is 53.8 Å². The van der Waals surface area contributed by atoms with Gasteiger partial charge in [0.05, 0.1) is 19.2 Å². The fourth-order valence-electron chi connectivity index (χ4n) is 5.91. The van der Waals surface area contributed by atoms with Crippen LogP contribution >= 0.6 is 0 Å². The van der Waals surface area contributed by atoms with Crippen LogP contribution in [0.15, 0.2) is 24.3 Å². The zero-order valence-electron chi connectivity index (χ0n) is 18.8. The number of aromatic nitrogens is 4. The van der Waals surface area contributed by atoms with Crippen LogP contribution in [-0.4, -0.2) is 69.3 Å². The van der Waals surface area contributed by atoms with Crippen molar-refractivity contribution in [3.8, 4) is 5.75 Å². The van der Waals surface area contributed by atoms with Crippen molar-refractivity contribution in [2.75, 3.05) is 33.3 Å². The fraction of sp³-hybridized carbons (Fsp3) is 0.708. The van der Waals surface area contributed by atoms with Crippen molar-refractivity contribution >= 4 is 0 Å². The molecule has 0 radical (unpaired) electrons. The highest BCUT2D eigenvalue weighted by Gasteiger charge is 2.34. The molecule has 31 heavy (non-hydrogen) atoms. The van der Waals surface area contributed by atoms with E-state index >= 15 is 0 Å². The third-order valence-corrected chi connectivity index (χ3v) is 7.67. The molecular formula is C24H36N6O. The number of ether oxygens (including phenoxy) is 1. The van der Waals surface area contributed by atoms with E-state index in [0.717, 1.165) is 43.8 Å². The SMILES string of the molecule is COc1ccc([C@H](c2nnnn2C2CCCCC2)N2CCN(C3CCCC3)CC2)cc1.